The van der Waals surface area contributed by atoms with E-state index >= 15 is 0 Å². The Labute approximate surface area is 158 Å². The summed E-state index contributed by atoms with van der Waals surface area (Å²) >= 11 is 0. The molecule has 0 bridgehead atoms. The average molecular weight is 375 g/mol. The van der Waals surface area contributed by atoms with Crippen molar-refractivity contribution in [1.82, 2.24) is 9.80 Å². The van der Waals surface area contributed by atoms with Crippen molar-refractivity contribution < 1.29 is 23.9 Å². The first-order chi connectivity index (χ1) is 13.0. The first-order valence-corrected chi connectivity index (χ1v) is 9.30. The molecular formula is C19H25N3O5. The quantitative estimate of drug-likeness (QED) is 0.726. The largest absolute Gasteiger partial charge is 0.494 e. The second-order valence-electron chi connectivity index (χ2n) is 6.44. The lowest BCUT2D eigenvalue weighted by molar-refractivity contribution is -0.123. The molecule has 0 aliphatic carbocycles. The predicted molar refractivity (Wildman–Crippen MR) is 98.7 cm³/mol. The van der Waals surface area contributed by atoms with Crippen LogP contribution in [0.2, 0.25) is 0 Å². The first-order valence-electron chi connectivity index (χ1n) is 9.30. The molecule has 0 spiro atoms. The molecule has 0 saturated carbocycles. The highest BCUT2D eigenvalue weighted by molar-refractivity contribution is 6.22. The van der Waals surface area contributed by atoms with Crippen molar-refractivity contribution in [2.75, 3.05) is 44.3 Å². The summed E-state index contributed by atoms with van der Waals surface area (Å²) in [5, 5.41) is 0. The Bertz CT molecular complexity index is 698. The highest BCUT2D eigenvalue weighted by Crippen LogP contribution is 2.28. The predicted octanol–water partition coefficient (Wildman–Crippen LogP) is 1.49. The molecule has 1 unspecified atom stereocenters. The summed E-state index contributed by atoms with van der Waals surface area (Å²) in [6, 6.07) is 6.48. The van der Waals surface area contributed by atoms with Gasteiger partial charge in [-0.05, 0) is 38.1 Å². The summed E-state index contributed by atoms with van der Waals surface area (Å²) in [5.41, 5.74) is 0.557. The van der Waals surface area contributed by atoms with Crippen molar-refractivity contribution in [2.24, 2.45) is 0 Å². The molecule has 146 valence electrons. The highest BCUT2D eigenvalue weighted by Gasteiger charge is 2.43. The molecule has 27 heavy (non-hydrogen) atoms. The molecule has 3 rings (SSSR count). The lowest BCUT2D eigenvalue weighted by Crippen LogP contribution is -2.54. The number of nitrogens with zero attached hydrogens (tertiary/aromatic N) is 3. The molecule has 3 amide bonds. The van der Waals surface area contributed by atoms with Crippen molar-refractivity contribution in [3.05, 3.63) is 24.3 Å². The van der Waals surface area contributed by atoms with Gasteiger partial charge in [0.1, 0.15) is 5.75 Å². The van der Waals surface area contributed by atoms with Crippen LogP contribution in [0.5, 0.6) is 5.75 Å². The van der Waals surface area contributed by atoms with E-state index in [1.807, 2.05) is 11.8 Å². The Morgan fingerprint density at radius 3 is 2.30 bits per heavy atom. The summed E-state index contributed by atoms with van der Waals surface area (Å²) < 4.78 is 10.4. The van der Waals surface area contributed by atoms with Crippen LogP contribution in [-0.4, -0.2) is 73.1 Å². The van der Waals surface area contributed by atoms with Gasteiger partial charge < -0.3 is 14.4 Å². The zero-order chi connectivity index (χ0) is 19.4. The number of hydrogen-bond acceptors (Lipinski definition) is 6. The van der Waals surface area contributed by atoms with Gasteiger partial charge in [0.25, 0.3) is 5.91 Å². The molecule has 1 aromatic carbocycles. The van der Waals surface area contributed by atoms with Gasteiger partial charge in [0.15, 0.2) is 0 Å². The number of rotatable bonds is 5. The van der Waals surface area contributed by atoms with Crippen molar-refractivity contribution in [2.45, 2.75) is 26.3 Å². The maximum Gasteiger partial charge on any atom is 0.409 e. The van der Waals surface area contributed by atoms with Gasteiger partial charge in [-0.3, -0.25) is 14.5 Å². The minimum atomic E-state index is -0.478. The van der Waals surface area contributed by atoms with Crippen LogP contribution in [0, 0.1) is 0 Å². The minimum Gasteiger partial charge on any atom is -0.494 e. The van der Waals surface area contributed by atoms with E-state index in [9.17, 15) is 14.4 Å². The Morgan fingerprint density at radius 2 is 1.70 bits per heavy atom. The molecule has 2 fully saturated rings. The number of benzene rings is 1. The molecule has 0 aromatic heterocycles. The van der Waals surface area contributed by atoms with E-state index < -0.39 is 6.04 Å². The monoisotopic (exact) mass is 375 g/mol. The standard InChI is InChI=1S/C19H25N3O5/c1-3-26-15-7-5-14(6-8-15)22-17(23)13-16(18(22)24)20-9-11-21(12-10-20)19(25)27-4-2/h5-8,16H,3-4,9-13H2,1-2H3. The Hall–Kier alpha value is -2.61. The molecule has 0 N–H and O–H groups in total. The van der Waals surface area contributed by atoms with E-state index in [4.69, 9.17) is 9.47 Å². The average Bonchev–Trinajstić information content (AvgIpc) is 2.97. The van der Waals surface area contributed by atoms with E-state index in [1.54, 1.807) is 36.1 Å². The van der Waals surface area contributed by atoms with E-state index in [0.717, 1.165) is 0 Å². The van der Waals surface area contributed by atoms with Gasteiger partial charge in [-0.25, -0.2) is 9.69 Å². The normalized spacial score (nSPS) is 20.9. The number of hydrogen-bond donors (Lipinski definition) is 0. The van der Waals surface area contributed by atoms with Crippen molar-refractivity contribution >= 4 is 23.6 Å². The summed E-state index contributed by atoms with van der Waals surface area (Å²) in [6.45, 7) is 6.62. The fraction of sp³-hybridized carbons (Fsp3) is 0.526. The van der Waals surface area contributed by atoms with E-state index in [2.05, 4.69) is 0 Å². The number of carbonyl (C=O) groups excluding carboxylic acids is 3. The summed E-state index contributed by atoms with van der Waals surface area (Å²) in [7, 11) is 0. The van der Waals surface area contributed by atoms with Gasteiger partial charge in [0, 0.05) is 26.2 Å². The van der Waals surface area contributed by atoms with Gasteiger partial charge >= 0.3 is 6.09 Å². The van der Waals surface area contributed by atoms with E-state index in [0.29, 0.717) is 50.8 Å². The Morgan fingerprint density at radius 1 is 1.04 bits per heavy atom. The Balaban J connectivity index is 1.63. The van der Waals surface area contributed by atoms with Gasteiger partial charge in [0.05, 0.1) is 31.4 Å². The van der Waals surface area contributed by atoms with Gasteiger partial charge in [-0.1, -0.05) is 0 Å². The maximum absolute atomic E-state index is 12.9. The smallest absolute Gasteiger partial charge is 0.409 e. The van der Waals surface area contributed by atoms with Crippen molar-refractivity contribution in [1.29, 1.82) is 0 Å². The molecule has 2 saturated heterocycles. The number of imide groups is 1. The van der Waals surface area contributed by atoms with Gasteiger partial charge in [-0.2, -0.15) is 0 Å². The molecule has 8 heteroatoms. The second-order valence-corrected chi connectivity index (χ2v) is 6.44. The van der Waals surface area contributed by atoms with Crippen LogP contribution >= 0.6 is 0 Å². The molecule has 1 aromatic rings. The van der Waals surface area contributed by atoms with Crippen molar-refractivity contribution in [3.8, 4) is 5.75 Å². The van der Waals surface area contributed by atoms with Crippen LogP contribution in [0.1, 0.15) is 20.3 Å². The maximum atomic E-state index is 12.9. The summed E-state index contributed by atoms with van der Waals surface area (Å²) in [6.07, 6.45) is -0.173. The zero-order valence-electron chi connectivity index (χ0n) is 15.7. The van der Waals surface area contributed by atoms with Gasteiger partial charge in [-0.15, -0.1) is 0 Å². The zero-order valence-corrected chi connectivity index (χ0v) is 15.7. The topological polar surface area (TPSA) is 79.4 Å². The molecule has 0 radical (unpaired) electrons. The fourth-order valence-electron chi connectivity index (χ4n) is 3.46. The molecule has 2 aliphatic heterocycles. The SMILES string of the molecule is CCOC(=O)N1CCN(C2CC(=O)N(c3ccc(OCC)cc3)C2=O)CC1. The third-order valence-electron chi connectivity index (χ3n) is 4.81. The molecule has 8 nitrogen and oxygen atoms in total. The molecule has 1 atom stereocenters. The fourth-order valence-corrected chi connectivity index (χ4v) is 3.46. The third-order valence-corrected chi connectivity index (χ3v) is 4.81. The molecule has 2 aliphatic rings. The lowest BCUT2D eigenvalue weighted by atomic mass is 10.2. The summed E-state index contributed by atoms with van der Waals surface area (Å²) in [4.78, 5) is 42.0. The summed E-state index contributed by atoms with van der Waals surface area (Å²) in [5.74, 6) is 0.280. The van der Waals surface area contributed by atoms with E-state index in [-0.39, 0.29) is 24.3 Å². The number of ether oxygens (including phenoxy) is 2. The Kier molecular flexibility index (Phi) is 5.95. The minimum absolute atomic E-state index is 0.158. The van der Waals surface area contributed by atoms with Crippen LogP contribution in [0.15, 0.2) is 24.3 Å². The lowest BCUT2D eigenvalue weighted by Gasteiger charge is -2.36. The van der Waals surface area contributed by atoms with Crippen LogP contribution in [0.4, 0.5) is 10.5 Å². The second kappa shape index (κ2) is 8.39. The number of amides is 3. The van der Waals surface area contributed by atoms with Crippen LogP contribution in [0.3, 0.4) is 0 Å². The van der Waals surface area contributed by atoms with Crippen LogP contribution in [-0.2, 0) is 14.3 Å². The third kappa shape index (κ3) is 4.05. The first kappa shape index (κ1) is 19.2. The van der Waals surface area contributed by atoms with Gasteiger partial charge in [0.2, 0.25) is 5.91 Å². The van der Waals surface area contributed by atoms with E-state index in [1.165, 1.54) is 4.90 Å². The van der Waals surface area contributed by atoms with Crippen LogP contribution < -0.4 is 9.64 Å². The van der Waals surface area contributed by atoms with Crippen molar-refractivity contribution in [3.63, 3.8) is 0 Å². The molecular weight excluding hydrogens is 350 g/mol. The molecule has 2 heterocycles. The number of piperazine rings is 1. The number of anilines is 1. The number of carbonyl (C=O) groups is 3. The highest BCUT2D eigenvalue weighted by atomic mass is 16.6. The van der Waals surface area contributed by atoms with Crippen LogP contribution in [0.25, 0.3) is 0 Å².